The van der Waals surface area contributed by atoms with Crippen molar-refractivity contribution in [2.75, 3.05) is 6.61 Å². The molecule has 1 rings (SSSR count). The van der Waals surface area contributed by atoms with Crippen LogP contribution in [0.15, 0.2) is 17.5 Å². The maximum absolute atomic E-state index is 9.23. The average Bonchev–Trinajstić information content (AvgIpc) is 2.55. The smallest absolute Gasteiger partial charge is 0.0589 e. The Kier molecular flexibility index (Phi) is 4.11. The van der Waals surface area contributed by atoms with E-state index >= 15 is 0 Å². The third-order valence-electron chi connectivity index (χ3n) is 2.33. The molecule has 1 atom stereocenters. The molecule has 14 heavy (non-hydrogen) atoms. The van der Waals surface area contributed by atoms with Crippen LogP contribution in [0.25, 0.3) is 0 Å². The normalized spacial score (nSPS) is 14.3. The monoisotopic (exact) mass is 213 g/mol. The van der Waals surface area contributed by atoms with Crippen molar-refractivity contribution in [3.63, 3.8) is 0 Å². The van der Waals surface area contributed by atoms with Gasteiger partial charge in [-0.25, -0.2) is 0 Å². The van der Waals surface area contributed by atoms with Crippen LogP contribution < -0.4 is 5.32 Å². The maximum atomic E-state index is 9.23. The Morgan fingerprint density at radius 1 is 1.50 bits per heavy atom. The van der Waals surface area contributed by atoms with Gasteiger partial charge in [-0.2, -0.15) is 0 Å². The van der Waals surface area contributed by atoms with Crippen LogP contribution in [-0.2, 0) is 6.54 Å². The van der Waals surface area contributed by atoms with E-state index in [4.69, 9.17) is 0 Å². The zero-order valence-corrected chi connectivity index (χ0v) is 9.90. The standard InChI is InChI=1S/C11H19NOS/c1-11(2,3)10(8-13)12-7-9-5-4-6-14-9/h4-6,10,12-13H,7-8H2,1-3H3. The molecule has 1 unspecified atom stereocenters. The van der Waals surface area contributed by atoms with Crippen LogP contribution in [-0.4, -0.2) is 17.8 Å². The number of hydrogen-bond donors (Lipinski definition) is 2. The molecule has 1 aromatic rings. The van der Waals surface area contributed by atoms with Crippen molar-refractivity contribution >= 4 is 11.3 Å². The van der Waals surface area contributed by atoms with Crippen LogP contribution in [0, 0.1) is 5.41 Å². The van der Waals surface area contributed by atoms with Crippen LogP contribution in [0.3, 0.4) is 0 Å². The minimum Gasteiger partial charge on any atom is -0.395 e. The molecule has 2 nitrogen and oxygen atoms in total. The zero-order valence-electron chi connectivity index (χ0n) is 9.08. The van der Waals surface area contributed by atoms with E-state index in [0.29, 0.717) is 0 Å². The van der Waals surface area contributed by atoms with Gasteiger partial charge in [-0.3, -0.25) is 0 Å². The van der Waals surface area contributed by atoms with Crippen LogP contribution in [0.1, 0.15) is 25.6 Å². The van der Waals surface area contributed by atoms with Crippen molar-refractivity contribution in [3.8, 4) is 0 Å². The molecule has 0 radical (unpaired) electrons. The van der Waals surface area contributed by atoms with Gasteiger partial charge in [-0.15, -0.1) is 11.3 Å². The van der Waals surface area contributed by atoms with Crippen LogP contribution >= 0.6 is 11.3 Å². The van der Waals surface area contributed by atoms with Gasteiger partial charge in [0, 0.05) is 17.5 Å². The Morgan fingerprint density at radius 3 is 2.64 bits per heavy atom. The molecule has 0 aliphatic rings. The van der Waals surface area contributed by atoms with Crippen molar-refractivity contribution < 1.29 is 5.11 Å². The van der Waals surface area contributed by atoms with Gasteiger partial charge in [0.15, 0.2) is 0 Å². The molecule has 3 heteroatoms. The first-order valence-corrected chi connectivity index (χ1v) is 5.78. The summed E-state index contributed by atoms with van der Waals surface area (Å²) in [7, 11) is 0. The van der Waals surface area contributed by atoms with Crippen molar-refractivity contribution in [2.24, 2.45) is 5.41 Å². The summed E-state index contributed by atoms with van der Waals surface area (Å²) in [5.41, 5.74) is 0.103. The number of aliphatic hydroxyl groups is 1. The molecule has 0 aromatic carbocycles. The summed E-state index contributed by atoms with van der Waals surface area (Å²) in [6.07, 6.45) is 0. The van der Waals surface area contributed by atoms with Gasteiger partial charge < -0.3 is 10.4 Å². The van der Waals surface area contributed by atoms with E-state index in [-0.39, 0.29) is 18.1 Å². The second-order valence-electron chi connectivity index (χ2n) is 4.56. The lowest BCUT2D eigenvalue weighted by Gasteiger charge is -2.29. The van der Waals surface area contributed by atoms with Crippen LogP contribution in [0.4, 0.5) is 0 Å². The predicted molar refractivity (Wildman–Crippen MR) is 61.5 cm³/mol. The Labute approximate surface area is 90.0 Å². The zero-order chi connectivity index (χ0) is 10.6. The highest BCUT2D eigenvalue weighted by Crippen LogP contribution is 2.19. The van der Waals surface area contributed by atoms with Gasteiger partial charge in [0.2, 0.25) is 0 Å². The average molecular weight is 213 g/mol. The van der Waals surface area contributed by atoms with E-state index in [1.54, 1.807) is 11.3 Å². The molecule has 0 saturated carbocycles. The van der Waals surface area contributed by atoms with Crippen molar-refractivity contribution in [1.29, 1.82) is 0 Å². The number of aliphatic hydroxyl groups excluding tert-OH is 1. The molecule has 1 aromatic heterocycles. The molecule has 0 aliphatic carbocycles. The van der Waals surface area contributed by atoms with E-state index in [0.717, 1.165) is 6.54 Å². The van der Waals surface area contributed by atoms with Crippen molar-refractivity contribution in [1.82, 2.24) is 5.32 Å². The van der Waals surface area contributed by atoms with Gasteiger partial charge in [0.1, 0.15) is 0 Å². The summed E-state index contributed by atoms with van der Waals surface area (Å²) in [5, 5.41) is 14.7. The quantitative estimate of drug-likeness (QED) is 0.804. The summed E-state index contributed by atoms with van der Waals surface area (Å²) >= 11 is 1.74. The SMILES string of the molecule is CC(C)(C)C(CO)NCc1cccs1. The largest absolute Gasteiger partial charge is 0.395 e. The van der Waals surface area contributed by atoms with Gasteiger partial charge >= 0.3 is 0 Å². The Bertz CT molecular complexity index is 251. The lowest BCUT2D eigenvalue weighted by atomic mass is 9.87. The molecule has 1 heterocycles. The number of hydrogen-bond acceptors (Lipinski definition) is 3. The molecule has 0 bridgehead atoms. The van der Waals surface area contributed by atoms with Crippen LogP contribution in [0.5, 0.6) is 0 Å². The minimum absolute atomic E-state index is 0.103. The third-order valence-corrected chi connectivity index (χ3v) is 3.21. The number of rotatable bonds is 4. The fraction of sp³-hybridized carbons (Fsp3) is 0.636. The number of thiophene rings is 1. The molecule has 80 valence electrons. The van der Waals surface area contributed by atoms with E-state index in [1.807, 2.05) is 6.07 Å². The predicted octanol–water partition coefficient (Wildman–Crippen LogP) is 2.24. The van der Waals surface area contributed by atoms with Gasteiger partial charge in [0.25, 0.3) is 0 Å². The molecule has 0 fully saturated rings. The van der Waals surface area contributed by atoms with E-state index in [9.17, 15) is 5.11 Å². The second kappa shape index (κ2) is 4.91. The first-order chi connectivity index (χ1) is 6.54. The maximum Gasteiger partial charge on any atom is 0.0589 e. The van der Waals surface area contributed by atoms with Gasteiger partial charge in [0.05, 0.1) is 6.61 Å². The lowest BCUT2D eigenvalue weighted by molar-refractivity contribution is 0.158. The summed E-state index contributed by atoms with van der Waals surface area (Å²) < 4.78 is 0. The minimum atomic E-state index is 0.103. The third kappa shape index (κ3) is 3.40. The fourth-order valence-corrected chi connectivity index (χ4v) is 1.94. The lowest BCUT2D eigenvalue weighted by Crippen LogP contribution is -2.42. The Balaban J connectivity index is 2.43. The Hall–Kier alpha value is -0.380. The highest BCUT2D eigenvalue weighted by atomic mass is 32.1. The first-order valence-electron chi connectivity index (χ1n) is 4.90. The van der Waals surface area contributed by atoms with E-state index < -0.39 is 0 Å². The summed E-state index contributed by atoms with van der Waals surface area (Å²) in [6.45, 7) is 7.44. The second-order valence-corrected chi connectivity index (χ2v) is 5.59. The molecular weight excluding hydrogens is 194 g/mol. The summed E-state index contributed by atoms with van der Waals surface area (Å²) in [4.78, 5) is 1.31. The fourth-order valence-electron chi connectivity index (χ4n) is 1.28. The summed E-state index contributed by atoms with van der Waals surface area (Å²) in [6, 6.07) is 4.31. The molecule has 2 N–H and O–H groups in total. The molecule has 0 aliphatic heterocycles. The topological polar surface area (TPSA) is 32.3 Å². The van der Waals surface area contributed by atoms with Crippen LogP contribution in [0.2, 0.25) is 0 Å². The highest BCUT2D eigenvalue weighted by Gasteiger charge is 2.22. The molecule has 0 spiro atoms. The van der Waals surface area contributed by atoms with Crippen molar-refractivity contribution in [2.45, 2.75) is 33.4 Å². The van der Waals surface area contributed by atoms with Crippen molar-refractivity contribution in [3.05, 3.63) is 22.4 Å². The van der Waals surface area contributed by atoms with E-state index in [1.165, 1.54) is 4.88 Å². The van der Waals surface area contributed by atoms with Gasteiger partial charge in [-0.05, 0) is 16.9 Å². The first kappa shape index (κ1) is 11.7. The summed E-state index contributed by atoms with van der Waals surface area (Å²) in [5.74, 6) is 0. The molecule has 0 saturated heterocycles. The van der Waals surface area contributed by atoms with Gasteiger partial charge in [-0.1, -0.05) is 26.8 Å². The van der Waals surface area contributed by atoms with E-state index in [2.05, 4.69) is 37.5 Å². The number of nitrogens with one attached hydrogen (secondary N) is 1. The molecule has 0 amide bonds. The Morgan fingerprint density at radius 2 is 2.21 bits per heavy atom. The highest BCUT2D eigenvalue weighted by molar-refractivity contribution is 7.09. The molecular formula is C11H19NOS.